The molecule has 1 aromatic rings. The second kappa shape index (κ2) is 3.26. The van der Waals surface area contributed by atoms with E-state index in [4.69, 9.17) is 9.47 Å². The molecule has 0 radical (unpaired) electrons. The van der Waals surface area contributed by atoms with Crippen LogP contribution in [-0.4, -0.2) is 25.4 Å². The van der Waals surface area contributed by atoms with Crippen molar-refractivity contribution >= 4 is 0 Å². The molecule has 0 saturated carbocycles. The number of hydrogen-bond donors (Lipinski definition) is 1. The van der Waals surface area contributed by atoms with Crippen molar-refractivity contribution in [1.82, 2.24) is 0 Å². The van der Waals surface area contributed by atoms with Crippen molar-refractivity contribution in [2.24, 2.45) is 0 Å². The van der Waals surface area contributed by atoms with Gasteiger partial charge in [0.1, 0.15) is 11.4 Å². The minimum Gasteiger partial charge on any atom is -0.496 e. The first-order valence-electron chi connectivity index (χ1n) is 4.61. The summed E-state index contributed by atoms with van der Waals surface area (Å²) >= 11 is 0. The molecule has 1 heterocycles. The third-order valence-electron chi connectivity index (χ3n) is 2.60. The van der Waals surface area contributed by atoms with Crippen molar-refractivity contribution in [2.45, 2.75) is 12.5 Å². The number of benzene rings is 1. The van der Waals surface area contributed by atoms with Gasteiger partial charge in [-0.3, -0.25) is 0 Å². The van der Waals surface area contributed by atoms with Crippen LogP contribution in [-0.2, 0) is 10.3 Å². The zero-order chi connectivity index (χ0) is 10.2. The second-order valence-corrected chi connectivity index (χ2v) is 3.68. The third kappa shape index (κ3) is 1.29. The van der Waals surface area contributed by atoms with E-state index in [1.807, 2.05) is 25.1 Å². The van der Waals surface area contributed by atoms with Crippen LogP contribution >= 0.6 is 0 Å². The van der Waals surface area contributed by atoms with Crippen molar-refractivity contribution in [2.75, 3.05) is 20.3 Å². The average Bonchev–Trinajstić information content (AvgIpc) is 2.14. The lowest BCUT2D eigenvalue weighted by atomic mass is 9.90. The van der Waals surface area contributed by atoms with E-state index in [0.717, 1.165) is 16.9 Å². The van der Waals surface area contributed by atoms with Gasteiger partial charge in [-0.1, -0.05) is 18.2 Å². The Hall–Kier alpha value is -1.06. The fourth-order valence-electron chi connectivity index (χ4n) is 1.74. The number of aliphatic hydroxyl groups is 1. The molecule has 1 aromatic carbocycles. The Bertz CT molecular complexity index is 342. The molecule has 0 aliphatic carbocycles. The molecule has 3 nitrogen and oxygen atoms in total. The summed E-state index contributed by atoms with van der Waals surface area (Å²) in [4.78, 5) is 0. The van der Waals surface area contributed by atoms with E-state index in [1.165, 1.54) is 0 Å². The summed E-state index contributed by atoms with van der Waals surface area (Å²) in [6, 6.07) is 5.77. The van der Waals surface area contributed by atoms with E-state index in [9.17, 15) is 5.11 Å². The van der Waals surface area contributed by atoms with Gasteiger partial charge >= 0.3 is 0 Å². The molecule has 2 rings (SSSR count). The Labute approximate surface area is 83.3 Å². The van der Waals surface area contributed by atoms with E-state index in [1.54, 1.807) is 7.11 Å². The number of para-hydroxylation sites is 1. The van der Waals surface area contributed by atoms with Gasteiger partial charge in [0.05, 0.1) is 20.3 Å². The van der Waals surface area contributed by atoms with Gasteiger partial charge in [-0.2, -0.15) is 0 Å². The normalized spacial score (nSPS) is 18.8. The maximum Gasteiger partial charge on any atom is 0.140 e. The molecule has 0 aromatic heterocycles. The van der Waals surface area contributed by atoms with Gasteiger partial charge in [-0.25, -0.2) is 0 Å². The fraction of sp³-hybridized carbons (Fsp3) is 0.455. The molecule has 14 heavy (non-hydrogen) atoms. The summed E-state index contributed by atoms with van der Waals surface area (Å²) in [5.74, 6) is 0.762. The van der Waals surface area contributed by atoms with Gasteiger partial charge in [0, 0.05) is 5.56 Å². The smallest absolute Gasteiger partial charge is 0.140 e. The van der Waals surface area contributed by atoms with Crippen molar-refractivity contribution < 1.29 is 14.6 Å². The standard InChI is InChI=1S/C11H14O3/c1-8-4-3-5-9(10(8)13-2)11(12)6-14-7-11/h3-5,12H,6-7H2,1-2H3. The van der Waals surface area contributed by atoms with Crippen LogP contribution in [0.5, 0.6) is 5.75 Å². The summed E-state index contributed by atoms with van der Waals surface area (Å²) < 4.78 is 10.3. The predicted octanol–water partition coefficient (Wildman–Crippen LogP) is 1.22. The summed E-state index contributed by atoms with van der Waals surface area (Å²) in [6.07, 6.45) is 0. The maximum atomic E-state index is 10.1. The molecule has 1 N–H and O–H groups in total. The molecular formula is C11H14O3. The Morgan fingerprint density at radius 2 is 2.14 bits per heavy atom. The molecular weight excluding hydrogens is 180 g/mol. The molecule has 76 valence electrons. The lowest BCUT2D eigenvalue weighted by Crippen LogP contribution is -2.46. The molecule has 1 aliphatic rings. The van der Waals surface area contributed by atoms with E-state index >= 15 is 0 Å². The van der Waals surface area contributed by atoms with Gasteiger partial charge in [0.25, 0.3) is 0 Å². The highest BCUT2D eigenvalue weighted by Gasteiger charge is 2.40. The Kier molecular flexibility index (Phi) is 2.21. The minimum atomic E-state index is -0.850. The van der Waals surface area contributed by atoms with Gasteiger partial charge in [-0.05, 0) is 12.5 Å². The van der Waals surface area contributed by atoms with Gasteiger partial charge in [-0.15, -0.1) is 0 Å². The van der Waals surface area contributed by atoms with Crippen molar-refractivity contribution in [3.05, 3.63) is 29.3 Å². The Morgan fingerprint density at radius 1 is 1.43 bits per heavy atom. The topological polar surface area (TPSA) is 38.7 Å². The number of ether oxygens (including phenoxy) is 2. The molecule has 0 amide bonds. The van der Waals surface area contributed by atoms with E-state index in [2.05, 4.69) is 0 Å². The highest BCUT2D eigenvalue weighted by atomic mass is 16.5. The average molecular weight is 194 g/mol. The quantitative estimate of drug-likeness (QED) is 0.769. The summed E-state index contributed by atoms with van der Waals surface area (Å²) in [5, 5.41) is 10.1. The first-order valence-corrected chi connectivity index (χ1v) is 4.61. The zero-order valence-electron chi connectivity index (χ0n) is 8.41. The van der Waals surface area contributed by atoms with Crippen LogP contribution in [0.2, 0.25) is 0 Å². The molecule has 0 bridgehead atoms. The zero-order valence-corrected chi connectivity index (χ0v) is 8.41. The third-order valence-corrected chi connectivity index (χ3v) is 2.60. The fourth-order valence-corrected chi connectivity index (χ4v) is 1.74. The number of methoxy groups -OCH3 is 1. The van der Waals surface area contributed by atoms with Crippen molar-refractivity contribution in [1.29, 1.82) is 0 Å². The highest BCUT2D eigenvalue weighted by molar-refractivity contribution is 5.44. The lowest BCUT2D eigenvalue weighted by Gasteiger charge is -2.37. The molecule has 3 heteroatoms. The predicted molar refractivity (Wildman–Crippen MR) is 52.4 cm³/mol. The van der Waals surface area contributed by atoms with Crippen LogP contribution < -0.4 is 4.74 Å². The SMILES string of the molecule is COc1c(C)cccc1C1(O)COC1. The number of hydrogen-bond acceptors (Lipinski definition) is 3. The molecule has 1 aliphatic heterocycles. The second-order valence-electron chi connectivity index (χ2n) is 3.68. The lowest BCUT2D eigenvalue weighted by molar-refractivity contribution is -0.185. The number of rotatable bonds is 2. The summed E-state index contributed by atoms with van der Waals surface area (Å²) in [6.45, 7) is 2.67. The van der Waals surface area contributed by atoms with E-state index in [0.29, 0.717) is 13.2 Å². The maximum absolute atomic E-state index is 10.1. The van der Waals surface area contributed by atoms with Crippen LogP contribution in [0, 0.1) is 6.92 Å². The Morgan fingerprint density at radius 3 is 2.64 bits per heavy atom. The first kappa shape index (κ1) is 9.49. The van der Waals surface area contributed by atoms with Crippen LogP contribution in [0.4, 0.5) is 0 Å². The van der Waals surface area contributed by atoms with Crippen LogP contribution in [0.25, 0.3) is 0 Å². The summed E-state index contributed by atoms with van der Waals surface area (Å²) in [7, 11) is 1.62. The first-order chi connectivity index (χ1) is 6.67. The van der Waals surface area contributed by atoms with Crippen molar-refractivity contribution in [3.8, 4) is 5.75 Å². The molecule has 1 fully saturated rings. The van der Waals surface area contributed by atoms with Crippen LogP contribution in [0.15, 0.2) is 18.2 Å². The highest BCUT2D eigenvalue weighted by Crippen LogP contribution is 2.37. The molecule has 0 spiro atoms. The molecule has 0 atom stereocenters. The molecule has 1 saturated heterocycles. The number of aryl methyl sites for hydroxylation is 1. The van der Waals surface area contributed by atoms with Crippen molar-refractivity contribution in [3.63, 3.8) is 0 Å². The molecule has 0 unspecified atom stereocenters. The van der Waals surface area contributed by atoms with E-state index in [-0.39, 0.29) is 0 Å². The van der Waals surface area contributed by atoms with Gasteiger partial charge in [0.15, 0.2) is 0 Å². The van der Waals surface area contributed by atoms with Gasteiger partial charge < -0.3 is 14.6 Å². The van der Waals surface area contributed by atoms with Crippen LogP contribution in [0.1, 0.15) is 11.1 Å². The van der Waals surface area contributed by atoms with Gasteiger partial charge in [0.2, 0.25) is 0 Å². The Balaban J connectivity index is 2.46. The monoisotopic (exact) mass is 194 g/mol. The minimum absolute atomic E-state index is 0.354. The summed E-state index contributed by atoms with van der Waals surface area (Å²) in [5.41, 5.74) is 1.01. The van der Waals surface area contributed by atoms with Crippen LogP contribution in [0.3, 0.4) is 0 Å². The largest absolute Gasteiger partial charge is 0.496 e. The van der Waals surface area contributed by atoms with E-state index < -0.39 is 5.60 Å².